The van der Waals surface area contributed by atoms with Gasteiger partial charge in [-0.05, 0) is 30.8 Å². The lowest BCUT2D eigenvalue weighted by Gasteiger charge is -2.20. The first-order valence-corrected chi connectivity index (χ1v) is 10.1. The molecule has 0 aromatic rings. The van der Waals surface area contributed by atoms with Crippen molar-refractivity contribution in [2.75, 3.05) is 7.11 Å². The van der Waals surface area contributed by atoms with E-state index in [4.69, 9.17) is 8.85 Å². The Labute approximate surface area is 127 Å². The first kappa shape index (κ1) is 17.8. The summed E-state index contributed by atoms with van der Waals surface area (Å²) in [6.45, 7) is 4.55. The van der Waals surface area contributed by atoms with Crippen LogP contribution in [-0.2, 0) is 8.85 Å². The molecule has 2 nitrogen and oxygen atoms in total. The Morgan fingerprint density at radius 2 is 1.95 bits per heavy atom. The van der Waals surface area contributed by atoms with E-state index in [1.54, 1.807) is 7.11 Å². The molecule has 0 saturated heterocycles. The highest BCUT2D eigenvalue weighted by atomic mass is 28.3. The molecule has 20 heavy (non-hydrogen) atoms. The zero-order chi connectivity index (χ0) is 14.6. The van der Waals surface area contributed by atoms with Crippen molar-refractivity contribution in [2.24, 2.45) is 11.8 Å². The van der Waals surface area contributed by atoms with Gasteiger partial charge < -0.3 is 8.85 Å². The average molecular weight is 298 g/mol. The predicted octanol–water partition coefficient (Wildman–Crippen LogP) is 5.45. The molecule has 1 saturated carbocycles. The van der Waals surface area contributed by atoms with Crippen LogP contribution >= 0.6 is 0 Å². The van der Waals surface area contributed by atoms with Gasteiger partial charge in [0.25, 0.3) is 0 Å². The van der Waals surface area contributed by atoms with Crippen molar-refractivity contribution in [1.82, 2.24) is 0 Å². The van der Waals surface area contributed by atoms with Crippen LogP contribution in [0.4, 0.5) is 0 Å². The number of unbranched alkanes of at least 4 members (excludes halogenated alkanes) is 1. The summed E-state index contributed by atoms with van der Waals surface area (Å²) in [6, 6.07) is 1.12. The molecule has 0 amide bonds. The zero-order valence-corrected chi connectivity index (χ0v) is 14.7. The van der Waals surface area contributed by atoms with Crippen molar-refractivity contribution < 1.29 is 8.85 Å². The minimum atomic E-state index is -1.11. The van der Waals surface area contributed by atoms with E-state index in [0.717, 1.165) is 17.9 Å². The van der Waals surface area contributed by atoms with Crippen molar-refractivity contribution in [3.63, 3.8) is 0 Å². The highest BCUT2D eigenvalue weighted by Gasteiger charge is 2.20. The molecule has 1 aliphatic carbocycles. The van der Waals surface area contributed by atoms with Crippen LogP contribution in [0.3, 0.4) is 0 Å². The molecular weight excluding hydrogens is 264 g/mol. The third-order valence-electron chi connectivity index (χ3n) is 4.43. The molecule has 1 rings (SSSR count). The van der Waals surface area contributed by atoms with Gasteiger partial charge in [0.05, 0.1) is 6.26 Å². The van der Waals surface area contributed by atoms with Gasteiger partial charge in [0.1, 0.15) is 0 Å². The molecule has 1 radical (unpaired) electrons. The van der Waals surface area contributed by atoms with Gasteiger partial charge in [0.15, 0.2) is 0 Å². The molecule has 1 atom stereocenters. The van der Waals surface area contributed by atoms with Crippen molar-refractivity contribution in [2.45, 2.75) is 77.7 Å². The van der Waals surface area contributed by atoms with E-state index >= 15 is 0 Å². The third-order valence-corrected chi connectivity index (χ3v) is 6.19. The van der Waals surface area contributed by atoms with Crippen molar-refractivity contribution >= 4 is 9.28 Å². The van der Waals surface area contributed by atoms with E-state index in [1.165, 1.54) is 57.8 Å². The molecule has 1 unspecified atom stereocenters. The quantitative estimate of drug-likeness (QED) is 0.394. The van der Waals surface area contributed by atoms with E-state index in [0.29, 0.717) is 0 Å². The third kappa shape index (κ3) is 7.49. The predicted molar refractivity (Wildman–Crippen MR) is 87.7 cm³/mol. The lowest BCUT2D eigenvalue weighted by Crippen LogP contribution is -2.22. The summed E-state index contributed by atoms with van der Waals surface area (Å²) in [4.78, 5) is 0. The monoisotopic (exact) mass is 297 g/mol. The van der Waals surface area contributed by atoms with Gasteiger partial charge in [-0.3, -0.25) is 0 Å². The van der Waals surface area contributed by atoms with Crippen LogP contribution in [0.2, 0.25) is 6.04 Å². The summed E-state index contributed by atoms with van der Waals surface area (Å²) in [5, 5.41) is 0. The maximum absolute atomic E-state index is 5.91. The van der Waals surface area contributed by atoms with Crippen LogP contribution in [0, 0.1) is 11.8 Å². The summed E-state index contributed by atoms with van der Waals surface area (Å²) in [5.74, 6) is 1.51. The maximum Gasteiger partial charge on any atom is 0.457 e. The fraction of sp³-hybridized carbons (Fsp3) is 0.882. The standard InChI is InChI=1S/C17H33O2Si/c1-4-6-10-16(5-2)15-20(18-3)19-14-13-17-11-8-7-9-12-17/h13-14,16-17H,4-12,15H2,1-3H3. The van der Waals surface area contributed by atoms with Gasteiger partial charge in [-0.1, -0.05) is 58.8 Å². The normalized spacial score (nSPS) is 18.8. The van der Waals surface area contributed by atoms with Crippen LogP contribution < -0.4 is 0 Å². The SMILES string of the molecule is CCCCC(CC)C[Si](OC)OC=CC1CCCCC1. The molecule has 0 aromatic heterocycles. The second-order valence-electron chi connectivity index (χ2n) is 6.04. The summed E-state index contributed by atoms with van der Waals surface area (Å²) < 4.78 is 11.5. The van der Waals surface area contributed by atoms with E-state index in [1.807, 2.05) is 6.26 Å². The largest absolute Gasteiger partial charge is 0.525 e. The molecule has 117 valence electrons. The molecule has 0 spiro atoms. The zero-order valence-electron chi connectivity index (χ0n) is 13.7. The van der Waals surface area contributed by atoms with Gasteiger partial charge in [-0.15, -0.1) is 0 Å². The summed E-state index contributed by atoms with van der Waals surface area (Å²) in [6.07, 6.45) is 16.2. The summed E-state index contributed by atoms with van der Waals surface area (Å²) >= 11 is 0. The molecule has 0 bridgehead atoms. The Bertz CT molecular complexity index is 249. The van der Waals surface area contributed by atoms with Gasteiger partial charge in [-0.25, -0.2) is 0 Å². The first-order chi connectivity index (χ1) is 9.80. The molecule has 1 aliphatic rings. The lowest BCUT2D eigenvalue weighted by molar-refractivity contribution is 0.289. The molecule has 3 heteroatoms. The van der Waals surface area contributed by atoms with E-state index in [-0.39, 0.29) is 0 Å². The van der Waals surface area contributed by atoms with Gasteiger partial charge in [0.2, 0.25) is 0 Å². The van der Waals surface area contributed by atoms with E-state index in [9.17, 15) is 0 Å². The minimum absolute atomic E-state index is 0.742. The van der Waals surface area contributed by atoms with Crippen molar-refractivity contribution in [3.05, 3.63) is 12.3 Å². The highest BCUT2D eigenvalue weighted by Crippen LogP contribution is 2.25. The Morgan fingerprint density at radius 3 is 2.55 bits per heavy atom. The fourth-order valence-electron chi connectivity index (χ4n) is 2.91. The Kier molecular flexibility index (Phi) is 10.1. The first-order valence-electron chi connectivity index (χ1n) is 8.53. The topological polar surface area (TPSA) is 18.5 Å². The maximum atomic E-state index is 5.91. The summed E-state index contributed by atoms with van der Waals surface area (Å²) in [7, 11) is 0.689. The van der Waals surface area contributed by atoms with E-state index < -0.39 is 9.28 Å². The van der Waals surface area contributed by atoms with Gasteiger partial charge in [0, 0.05) is 13.2 Å². The highest BCUT2D eigenvalue weighted by molar-refractivity contribution is 6.44. The molecule has 0 heterocycles. The van der Waals surface area contributed by atoms with Crippen LogP contribution in [0.5, 0.6) is 0 Å². The van der Waals surface area contributed by atoms with Crippen LogP contribution in [0.1, 0.15) is 71.6 Å². The van der Waals surface area contributed by atoms with Crippen molar-refractivity contribution in [3.8, 4) is 0 Å². The average Bonchev–Trinajstić information content (AvgIpc) is 2.50. The molecule has 0 aromatic carbocycles. The van der Waals surface area contributed by atoms with Crippen LogP contribution in [0.25, 0.3) is 0 Å². The Balaban J connectivity index is 2.27. The van der Waals surface area contributed by atoms with E-state index in [2.05, 4.69) is 19.9 Å². The molecule has 1 fully saturated rings. The fourth-order valence-corrected chi connectivity index (χ4v) is 4.47. The van der Waals surface area contributed by atoms with Gasteiger partial charge >= 0.3 is 9.28 Å². The number of rotatable bonds is 10. The smallest absolute Gasteiger partial charge is 0.457 e. The number of allylic oxidation sites excluding steroid dienone is 1. The Hall–Kier alpha value is -0.283. The second-order valence-corrected chi connectivity index (χ2v) is 7.84. The van der Waals surface area contributed by atoms with Crippen LogP contribution in [0.15, 0.2) is 12.3 Å². The molecule has 0 N–H and O–H groups in total. The molecule has 0 aliphatic heterocycles. The van der Waals surface area contributed by atoms with Crippen molar-refractivity contribution in [1.29, 1.82) is 0 Å². The van der Waals surface area contributed by atoms with Crippen LogP contribution in [-0.4, -0.2) is 16.4 Å². The minimum Gasteiger partial charge on any atom is -0.525 e. The summed E-state index contributed by atoms with van der Waals surface area (Å²) in [5.41, 5.74) is 0. The lowest BCUT2D eigenvalue weighted by atomic mass is 9.89. The van der Waals surface area contributed by atoms with Gasteiger partial charge in [-0.2, -0.15) is 0 Å². The number of hydrogen-bond donors (Lipinski definition) is 0. The Morgan fingerprint density at radius 1 is 1.20 bits per heavy atom. The molecular formula is C17H33O2Si. The number of hydrogen-bond acceptors (Lipinski definition) is 2. The second kappa shape index (κ2) is 11.4.